The number of benzene rings is 1. The Morgan fingerprint density at radius 1 is 1.17 bits per heavy atom. The van der Waals surface area contributed by atoms with Gasteiger partial charge in [0, 0.05) is 45.3 Å². The third-order valence-corrected chi connectivity index (χ3v) is 7.54. The smallest absolute Gasteiger partial charge is 0.307 e. The van der Waals surface area contributed by atoms with Gasteiger partial charge in [-0.3, -0.25) is 14.5 Å². The molecule has 2 aliphatic rings. The third-order valence-electron chi connectivity index (χ3n) is 7.54. The molecule has 1 amide bonds. The fourth-order valence-electron chi connectivity index (χ4n) is 5.66. The molecule has 7 heteroatoms. The first-order chi connectivity index (χ1) is 17.0. The van der Waals surface area contributed by atoms with Crippen LogP contribution in [0.25, 0.3) is 0 Å². The molecule has 0 bridgehead atoms. The lowest BCUT2D eigenvalue weighted by molar-refractivity contribution is -0.161. The van der Waals surface area contributed by atoms with Crippen molar-refractivity contribution in [1.82, 2.24) is 15.1 Å². The van der Waals surface area contributed by atoms with Gasteiger partial charge in [0.1, 0.15) is 11.8 Å². The molecule has 1 aromatic carbocycles. The van der Waals surface area contributed by atoms with Crippen LogP contribution in [-0.4, -0.2) is 72.2 Å². The molecule has 0 saturated carbocycles. The predicted octanol–water partition coefficient (Wildman–Crippen LogP) is 4.58. The lowest BCUT2D eigenvalue weighted by atomic mass is 9.75. The van der Waals surface area contributed by atoms with Crippen molar-refractivity contribution in [2.24, 2.45) is 11.3 Å². The van der Waals surface area contributed by atoms with Crippen molar-refractivity contribution in [3.8, 4) is 0 Å². The molecule has 2 aliphatic heterocycles. The molecular weight excluding hydrogens is 457 g/mol. The van der Waals surface area contributed by atoms with Gasteiger partial charge in [-0.05, 0) is 51.5 Å². The second-order valence-corrected chi connectivity index (χ2v) is 11.9. The number of piperidine rings is 1. The molecule has 0 radical (unpaired) electrons. The van der Waals surface area contributed by atoms with Gasteiger partial charge >= 0.3 is 5.97 Å². The van der Waals surface area contributed by atoms with Crippen molar-refractivity contribution < 1.29 is 18.7 Å². The van der Waals surface area contributed by atoms with E-state index in [9.17, 15) is 14.0 Å². The van der Waals surface area contributed by atoms with Crippen LogP contribution in [0.4, 0.5) is 4.39 Å². The van der Waals surface area contributed by atoms with E-state index >= 15 is 0 Å². The summed E-state index contributed by atoms with van der Waals surface area (Å²) in [5.74, 6) is -0.370. The third kappa shape index (κ3) is 8.01. The lowest BCUT2D eigenvalue weighted by Gasteiger charge is -2.37. The lowest BCUT2D eigenvalue weighted by Crippen LogP contribution is -2.53. The molecule has 36 heavy (non-hydrogen) atoms. The Bertz CT molecular complexity index is 851. The number of carbonyl (C=O) groups excluding carboxylic acids is 2. The van der Waals surface area contributed by atoms with Crippen molar-refractivity contribution in [3.63, 3.8) is 0 Å². The zero-order chi connectivity index (χ0) is 26.3. The maximum Gasteiger partial charge on any atom is 0.307 e. The minimum Gasteiger partial charge on any atom is -0.460 e. The Kier molecular flexibility index (Phi) is 9.93. The van der Waals surface area contributed by atoms with Crippen LogP contribution in [0.3, 0.4) is 0 Å². The first-order valence-electron chi connectivity index (χ1n) is 13.7. The van der Waals surface area contributed by atoms with Gasteiger partial charge in [-0.1, -0.05) is 50.6 Å². The topological polar surface area (TPSA) is 61.9 Å². The Morgan fingerprint density at radius 2 is 1.83 bits per heavy atom. The Morgan fingerprint density at radius 3 is 2.44 bits per heavy atom. The fraction of sp³-hybridized carbons (Fsp3) is 0.724. The average molecular weight is 504 g/mol. The van der Waals surface area contributed by atoms with E-state index in [-0.39, 0.29) is 30.3 Å². The van der Waals surface area contributed by atoms with Crippen molar-refractivity contribution >= 4 is 11.9 Å². The van der Waals surface area contributed by atoms with E-state index in [0.717, 1.165) is 45.4 Å². The van der Waals surface area contributed by atoms with E-state index in [0.29, 0.717) is 19.5 Å². The number of esters is 1. The molecule has 202 valence electrons. The number of likely N-dealkylation sites (tertiary alicyclic amines) is 2. The van der Waals surface area contributed by atoms with Gasteiger partial charge in [0.25, 0.3) is 0 Å². The molecule has 3 atom stereocenters. The standard InChI is InChI=1S/C29H46FN3O3/c1-6-10-24(30)20-32-15-13-25(14-16-32)31-27(35)29(17-26(34)36-28(3,4)5)21-33(18-22(29)2)19-23-11-8-7-9-12-23/h7-9,11-12,22,24-25H,6,10,13-21H2,1-5H3,(H,31,35)/t22-,24?,29+/m1/s1. The first kappa shape index (κ1) is 28.6. The molecule has 1 unspecified atom stereocenters. The van der Waals surface area contributed by atoms with Gasteiger partial charge in [-0.2, -0.15) is 0 Å². The second kappa shape index (κ2) is 12.5. The quantitative estimate of drug-likeness (QED) is 0.474. The number of amides is 1. The number of nitrogens with zero attached hydrogens (tertiary/aromatic N) is 2. The van der Waals surface area contributed by atoms with Crippen LogP contribution in [0.15, 0.2) is 30.3 Å². The minimum atomic E-state index is -0.834. The number of carbonyl (C=O) groups is 2. The summed E-state index contributed by atoms with van der Waals surface area (Å²) in [5, 5.41) is 3.29. The Hall–Kier alpha value is -1.99. The largest absolute Gasteiger partial charge is 0.460 e. The van der Waals surface area contributed by atoms with Gasteiger partial charge in [0.05, 0.1) is 11.8 Å². The van der Waals surface area contributed by atoms with Crippen molar-refractivity contribution in [2.45, 2.75) is 91.1 Å². The van der Waals surface area contributed by atoms with E-state index in [1.165, 1.54) is 5.56 Å². The van der Waals surface area contributed by atoms with E-state index in [1.54, 1.807) is 0 Å². The Balaban J connectivity index is 1.67. The summed E-state index contributed by atoms with van der Waals surface area (Å²) in [6.45, 7) is 13.7. The summed E-state index contributed by atoms with van der Waals surface area (Å²) in [5.41, 5.74) is -0.238. The van der Waals surface area contributed by atoms with Crippen molar-refractivity contribution in [1.29, 1.82) is 0 Å². The van der Waals surface area contributed by atoms with Crippen LogP contribution < -0.4 is 5.32 Å². The normalized spacial score (nSPS) is 25.0. The first-order valence-corrected chi connectivity index (χ1v) is 13.7. The highest BCUT2D eigenvalue weighted by molar-refractivity contribution is 5.88. The predicted molar refractivity (Wildman–Crippen MR) is 141 cm³/mol. The van der Waals surface area contributed by atoms with Crippen LogP contribution in [-0.2, 0) is 20.9 Å². The number of hydrogen-bond acceptors (Lipinski definition) is 5. The van der Waals surface area contributed by atoms with Gasteiger partial charge < -0.3 is 15.0 Å². The average Bonchev–Trinajstić information content (AvgIpc) is 3.10. The summed E-state index contributed by atoms with van der Waals surface area (Å²) >= 11 is 0. The molecule has 1 N–H and O–H groups in total. The SMILES string of the molecule is CCCC(F)CN1CCC(NC(=O)[C@@]2(CC(=O)OC(C)(C)C)CN(Cc3ccccc3)C[C@H]2C)CC1. The molecule has 0 aliphatic carbocycles. The monoisotopic (exact) mass is 503 g/mol. The van der Waals surface area contributed by atoms with E-state index in [1.807, 2.05) is 45.9 Å². The molecule has 2 fully saturated rings. The van der Waals surface area contributed by atoms with Crippen LogP contribution in [0, 0.1) is 11.3 Å². The number of rotatable bonds is 10. The highest BCUT2D eigenvalue weighted by Crippen LogP contribution is 2.41. The molecule has 2 saturated heterocycles. The maximum absolute atomic E-state index is 14.1. The number of nitrogens with one attached hydrogen (secondary N) is 1. The molecule has 3 rings (SSSR count). The van der Waals surface area contributed by atoms with Crippen molar-refractivity contribution in [3.05, 3.63) is 35.9 Å². The highest BCUT2D eigenvalue weighted by Gasteiger charge is 2.52. The maximum atomic E-state index is 14.1. The summed E-state index contributed by atoms with van der Waals surface area (Å²) in [6.07, 6.45) is 2.34. The zero-order valence-corrected chi connectivity index (χ0v) is 22.9. The molecule has 2 heterocycles. The zero-order valence-electron chi connectivity index (χ0n) is 22.9. The fourth-order valence-corrected chi connectivity index (χ4v) is 5.66. The number of alkyl halides is 1. The van der Waals surface area contributed by atoms with E-state index in [2.05, 4.69) is 34.2 Å². The van der Waals surface area contributed by atoms with Gasteiger partial charge in [0.15, 0.2) is 0 Å². The van der Waals surface area contributed by atoms with Crippen molar-refractivity contribution in [2.75, 3.05) is 32.7 Å². The number of halogens is 1. The molecule has 0 spiro atoms. The summed E-state index contributed by atoms with van der Waals surface area (Å²) in [7, 11) is 0. The summed E-state index contributed by atoms with van der Waals surface area (Å²) in [4.78, 5) is 31.3. The van der Waals surface area contributed by atoms with Gasteiger partial charge in [-0.25, -0.2) is 4.39 Å². The minimum absolute atomic E-state index is 0.00941. The van der Waals surface area contributed by atoms with Crippen LogP contribution in [0.1, 0.15) is 72.3 Å². The van der Waals surface area contributed by atoms with E-state index < -0.39 is 17.2 Å². The Labute approximate surface area is 216 Å². The van der Waals surface area contributed by atoms with Gasteiger partial charge in [-0.15, -0.1) is 0 Å². The molecule has 1 aromatic rings. The van der Waals surface area contributed by atoms with Crippen LogP contribution >= 0.6 is 0 Å². The number of hydrogen-bond donors (Lipinski definition) is 1. The van der Waals surface area contributed by atoms with Crippen LogP contribution in [0.2, 0.25) is 0 Å². The molecule has 0 aromatic heterocycles. The van der Waals surface area contributed by atoms with Crippen LogP contribution in [0.5, 0.6) is 0 Å². The summed E-state index contributed by atoms with van der Waals surface area (Å²) in [6, 6.07) is 10.3. The molecule has 6 nitrogen and oxygen atoms in total. The molecular formula is C29H46FN3O3. The highest BCUT2D eigenvalue weighted by atomic mass is 19.1. The number of ether oxygens (including phenoxy) is 1. The van der Waals surface area contributed by atoms with E-state index in [4.69, 9.17) is 4.74 Å². The van der Waals surface area contributed by atoms with Gasteiger partial charge in [0.2, 0.25) is 5.91 Å². The summed E-state index contributed by atoms with van der Waals surface area (Å²) < 4.78 is 19.7. The second-order valence-electron chi connectivity index (χ2n) is 11.9.